The molecule has 0 aliphatic rings. The van der Waals surface area contributed by atoms with E-state index >= 15 is 0 Å². The van der Waals surface area contributed by atoms with Crippen LogP contribution in [0.25, 0.3) is 11.3 Å². The first-order valence-electron chi connectivity index (χ1n) is 4.62. The van der Waals surface area contributed by atoms with E-state index in [9.17, 15) is 13.2 Å². The van der Waals surface area contributed by atoms with Gasteiger partial charge in [-0.05, 0) is 24.3 Å². The molecule has 0 atom stereocenters. The topological polar surface area (TPSA) is 25.8 Å². The van der Waals surface area contributed by atoms with E-state index in [1.54, 1.807) is 0 Å². The van der Waals surface area contributed by atoms with Crippen molar-refractivity contribution >= 4 is 11.6 Å². The van der Waals surface area contributed by atoms with Crippen LogP contribution < -0.4 is 0 Å². The van der Waals surface area contributed by atoms with Crippen LogP contribution in [0.5, 0.6) is 0 Å². The molecule has 0 aliphatic heterocycles. The maximum absolute atomic E-state index is 12.7. The fraction of sp³-hybridized carbons (Fsp3) is 0.0909. The lowest BCUT2D eigenvalue weighted by Gasteiger charge is -2.11. The van der Waals surface area contributed by atoms with Gasteiger partial charge in [0, 0.05) is 18.0 Å². The zero-order valence-electron chi connectivity index (χ0n) is 8.37. The molecule has 88 valence electrons. The van der Waals surface area contributed by atoms with Crippen molar-refractivity contribution in [1.82, 2.24) is 9.97 Å². The highest BCUT2D eigenvalue weighted by Crippen LogP contribution is 2.35. The van der Waals surface area contributed by atoms with Crippen LogP contribution in [0.4, 0.5) is 13.2 Å². The fourth-order valence-corrected chi connectivity index (χ4v) is 1.49. The summed E-state index contributed by atoms with van der Waals surface area (Å²) in [5.74, 6) is 0. The van der Waals surface area contributed by atoms with Gasteiger partial charge < -0.3 is 0 Å². The third kappa shape index (κ3) is 2.55. The lowest BCUT2D eigenvalue weighted by atomic mass is 10.1. The minimum atomic E-state index is -4.44. The molecule has 2 aromatic rings. The second kappa shape index (κ2) is 4.33. The Morgan fingerprint density at radius 1 is 1.06 bits per heavy atom. The lowest BCUT2D eigenvalue weighted by molar-refractivity contribution is -0.137. The van der Waals surface area contributed by atoms with Crippen molar-refractivity contribution in [3.63, 3.8) is 0 Å². The molecule has 6 heteroatoms. The Kier molecular flexibility index (Phi) is 3.02. The highest BCUT2D eigenvalue weighted by Gasteiger charge is 2.34. The first-order chi connectivity index (χ1) is 7.98. The summed E-state index contributed by atoms with van der Waals surface area (Å²) in [5.41, 5.74) is -0.657. The summed E-state index contributed by atoms with van der Waals surface area (Å²) >= 11 is 5.58. The Labute approximate surface area is 100 Å². The Balaban J connectivity index is 2.56. The molecular weight excluding hydrogens is 253 g/mol. The number of alkyl halides is 3. The Morgan fingerprint density at radius 2 is 1.82 bits per heavy atom. The third-order valence-electron chi connectivity index (χ3n) is 2.11. The van der Waals surface area contributed by atoms with Crippen LogP contribution in [-0.4, -0.2) is 9.97 Å². The van der Waals surface area contributed by atoms with Gasteiger partial charge in [0.05, 0.1) is 11.3 Å². The van der Waals surface area contributed by atoms with Crippen LogP contribution >= 0.6 is 11.6 Å². The van der Waals surface area contributed by atoms with Gasteiger partial charge in [0.1, 0.15) is 5.15 Å². The van der Waals surface area contributed by atoms with Crippen molar-refractivity contribution in [2.45, 2.75) is 6.18 Å². The van der Waals surface area contributed by atoms with Crippen LogP contribution in [0.1, 0.15) is 5.56 Å². The Hall–Kier alpha value is -1.62. The zero-order valence-corrected chi connectivity index (χ0v) is 9.13. The maximum Gasteiger partial charge on any atom is 0.418 e. The molecule has 2 nitrogen and oxygen atoms in total. The van der Waals surface area contributed by atoms with Crippen LogP contribution in [0.15, 0.2) is 36.7 Å². The first-order valence-corrected chi connectivity index (χ1v) is 5.00. The van der Waals surface area contributed by atoms with Gasteiger partial charge in [0.2, 0.25) is 0 Å². The monoisotopic (exact) mass is 258 g/mol. The molecule has 0 unspecified atom stereocenters. The molecule has 0 fully saturated rings. The predicted molar refractivity (Wildman–Crippen MR) is 57.5 cm³/mol. The van der Waals surface area contributed by atoms with E-state index in [0.29, 0.717) is 0 Å². The summed E-state index contributed by atoms with van der Waals surface area (Å²) in [6, 6.07) is 5.10. The van der Waals surface area contributed by atoms with Gasteiger partial charge in [-0.1, -0.05) is 11.6 Å². The standard InChI is InChI=1S/C11H6ClF3N2/c12-9-4-3-7(6-17-9)10-8(11(13,14)15)2-1-5-16-10/h1-6H. The highest BCUT2D eigenvalue weighted by molar-refractivity contribution is 6.29. The molecule has 0 saturated heterocycles. The number of pyridine rings is 2. The molecule has 0 bridgehead atoms. The molecule has 0 amide bonds. The molecule has 0 saturated carbocycles. The summed E-state index contributed by atoms with van der Waals surface area (Å²) in [6.45, 7) is 0. The molecule has 2 heterocycles. The smallest absolute Gasteiger partial charge is 0.256 e. The average molecular weight is 259 g/mol. The molecule has 0 aliphatic carbocycles. The van der Waals surface area contributed by atoms with E-state index < -0.39 is 11.7 Å². The number of hydrogen-bond acceptors (Lipinski definition) is 2. The average Bonchev–Trinajstić information content (AvgIpc) is 2.29. The molecule has 2 rings (SSSR count). The van der Waals surface area contributed by atoms with Crippen molar-refractivity contribution in [2.24, 2.45) is 0 Å². The van der Waals surface area contributed by atoms with E-state index in [2.05, 4.69) is 9.97 Å². The van der Waals surface area contributed by atoms with Crippen molar-refractivity contribution < 1.29 is 13.2 Å². The van der Waals surface area contributed by atoms with Crippen LogP contribution in [0, 0.1) is 0 Å². The quantitative estimate of drug-likeness (QED) is 0.727. The summed E-state index contributed by atoms with van der Waals surface area (Å²) in [6.07, 6.45) is -1.87. The molecule has 0 radical (unpaired) electrons. The van der Waals surface area contributed by atoms with Crippen molar-refractivity contribution in [3.05, 3.63) is 47.4 Å². The predicted octanol–water partition coefficient (Wildman–Crippen LogP) is 3.82. The summed E-state index contributed by atoms with van der Waals surface area (Å²) in [5, 5.41) is 0.221. The molecule has 0 aromatic carbocycles. The van der Waals surface area contributed by atoms with E-state index in [0.717, 1.165) is 6.07 Å². The summed E-state index contributed by atoms with van der Waals surface area (Å²) in [7, 11) is 0. The molecular formula is C11H6ClF3N2. The largest absolute Gasteiger partial charge is 0.418 e. The van der Waals surface area contributed by atoms with Crippen molar-refractivity contribution in [1.29, 1.82) is 0 Å². The number of rotatable bonds is 1. The Bertz CT molecular complexity index is 523. The number of aromatic nitrogens is 2. The van der Waals surface area contributed by atoms with E-state index in [4.69, 9.17) is 11.6 Å². The van der Waals surface area contributed by atoms with Gasteiger partial charge in [0.15, 0.2) is 0 Å². The minimum absolute atomic E-state index is 0.149. The highest BCUT2D eigenvalue weighted by atomic mass is 35.5. The van der Waals surface area contributed by atoms with Gasteiger partial charge in [-0.2, -0.15) is 13.2 Å². The van der Waals surface area contributed by atoms with Gasteiger partial charge in [0.25, 0.3) is 0 Å². The second-order valence-corrected chi connectivity index (χ2v) is 3.65. The van der Waals surface area contributed by atoms with Gasteiger partial charge in [-0.25, -0.2) is 4.98 Å². The SMILES string of the molecule is FC(F)(F)c1cccnc1-c1ccc(Cl)nc1. The van der Waals surface area contributed by atoms with Crippen LogP contribution in [-0.2, 0) is 6.18 Å². The van der Waals surface area contributed by atoms with Crippen LogP contribution in [0.3, 0.4) is 0 Å². The van der Waals surface area contributed by atoms with E-state index in [1.807, 2.05) is 0 Å². The Morgan fingerprint density at radius 3 is 2.41 bits per heavy atom. The molecule has 17 heavy (non-hydrogen) atoms. The van der Waals surface area contributed by atoms with Crippen molar-refractivity contribution in [2.75, 3.05) is 0 Å². The second-order valence-electron chi connectivity index (χ2n) is 3.27. The zero-order chi connectivity index (χ0) is 12.5. The lowest BCUT2D eigenvalue weighted by Crippen LogP contribution is -2.08. The van der Waals surface area contributed by atoms with Crippen molar-refractivity contribution in [3.8, 4) is 11.3 Å². The van der Waals surface area contributed by atoms with Gasteiger partial charge >= 0.3 is 6.18 Å². The number of halogens is 4. The molecule has 2 aromatic heterocycles. The fourth-order valence-electron chi connectivity index (χ4n) is 1.38. The normalized spacial score (nSPS) is 11.5. The molecule has 0 spiro atoms. The first kappa shape index (κ1) is 11.9. The number of hydrogen-bond donors (Lipinski definition) is 0. The number of nitrogens with zero attached hydrogens (tertiary/aromatic N) is 2. The van der Waals surface area contributed by atoms with E-state index in [1.165, 1.54) is 30.6 Å². The van der Waals surface area contributed by atoms with Crippen LogP contribution in [0.2, 0.25) is 5.15 Å². The van der Waals surface area contributed by atoms with Gasteiger partial charge in [-0.3, -0.25) is 4.98 Å². The summed E-state index contributed by atoms with van der Waals surface area (Å²) < 4.78 is 38.2. The van der Waals surface area contributed by atoms with E-state index in [-0.39, 0.29) is 16.4 Å². The van der Waals surface area contributed by atoms with Gasteiger partial charge in [-0.15, -0.1) is 0 Å². The molecule has 0 N–H and O–H groups in total. The third-order valence-corrected chi connectivity index (χ3v) is 2.34. The minimum Gasteiger partial charge on any atom is -0.256 e. The summed E-state index contributed by atoms with van der Waals surface area (Å²) in [4.78, 5) is 7.48. The maximum atomic E-state index is 12.7.